The van der Waals surface area contributed by atoms with E-state index in [0.29, 0.717) is 21.2 Å². The summed E-state index contributed by atoms with van der Waals surface area (Å²) >= 11 is 5.45. The molecule has 0 saturated heterocycles. The highest BCUT2D eigenvalue weighted by molar-refractivity contribution is 7.71. The molecule has 2 aromatic carbocycles. The summed E-state index contributed by atoms with van der Waals surface area (Å²) in [5.41, 5.74) is 3.92. The maximum Gasteiger partial charge on any atom is 0.261 e. The van der Waals surface area contributed by atoms with Crippen molar-refractivity contribution >= 4 is 28.9 Å². The molecule has 0 spiro atoms. The number of rotatable bonds is 3. The lowest BCUT2D eigenvalue weighted by Crippen LogP contribution is -2.25. The third kappa shape index (κ3) is 2.82. The Kier molecular flexibility index (Phi) is 4.32. The molecular formula is C21H20N2O2S. The predicted molar refractivity (Wildman–Crippen MR) is 105 cm³/mol. The number of carbonyl (C=O) groups is 1. The van der Waals surface area contributed by atoms with Gasteiger partial charge >= 0.3 is 0 Å². The SMILES string of the molecule is Cn1c(=O)c2ccccc2n(CC(=O)c2ccc3c(c2)CCCC3)c1=S. The molecule has 132 valence electrons. The lowest BCUT2D eigenvalue weighted by Gasteiger charge is -2.17. The minimum atomic E-state index is -0.136. The van der Waals surface area contributed by atoms with Crippen LogP contribution in [0.25, 0.3) is 10.9 Å². The highest BCUT2D eigenvalue weighted by Crippen LogP contribution is 2.23. The molecule has 0 unspecified atom stereocenters. The second kappa shape index (κ2) is 6.65. The maximum absolute atomic E-state index is 12.9. The number of hydrogen-bond donors (Lipinski definition) is 0. The predicted octanol–water partition coefficient (Wildman–Crippen LogP) is 3.83. The van der Waals surface area contributed by atoms with Crippen LogP contribution in [-0.2, 0) is 26.4 Å². The van der Waals surface area contributed by atoms with Crippen LogP contribution in [-0.4, -0.2) is 14.9 Å². The van der Waals surface area contributed by atoms with E-state index < -0.39 is 0 Å². The van der Waals surface area contributed by atoms with Crippen molar-refractivity contribution in [3.05, 3.63) is 74.3 Å². The average Bonchev–Trinajstić information content (AvgIpc) is 2.69. The molecule has 0 bridgehead atoms. The van der Waals surface area contributed by atoms with E-state index in [1.54, 1.807) is 17.7 Å². The van der Waals surface area contributed by atoms with E-state index in [4.69, 9.17) is 12.2 Å². The van der Waals surface area contributed by atoms with Gasteiger partial charge in [0.05, 0.1) is 17.4 Å². The van der Waals surface area contributed by atoms with Crippen molar-refractivity contribution in [2.24, 2.45) is 7.05 Å². The molecule has 1 heterocycles. The Morgan fingerprint density at radius 3 is 2.62 bits per heavy atom. The molecule has 0 radical (unpaired) electrons. The largest absolute Gasteiger partial charge is 0.310 e. The van der Waals surface area contributed by atoms with E-state index in [2.05, 4.69) is 6.07 Å². The van der Waals surface area contributed by atoms with Gasteiger partial charge in [0.1, 0.15) is 0 Å². The number of Topliss-reactive ketones (excluding diaryl/α,β-unsaturated/α-hetero) is 1. The molecule has 0 saturated carbocycles. The number of fused-ring (bicyclic) bond motifs is 2. The summed E-state index contributed by atoms with van der Waals surface area (Å²) in [6.45, 7) is 0.131. The number of carbonyl (C=O) groups excluding carboxylic acids is 1. The van der Waals surface area contributed by atoms with Crippen LogP contribution in [0.3, 0.4) is 0 Å². The fourth-order valence-electron chi connectivity index (χ4n) is 3.74. The molecule has 0 aliphatic heterocycles. The monoisotopic (exact) mass is 364 g/mol. The highest BCUT2D eigenvalue weighted by atomic mass is 32.1. The first-order chi connectivity index (χ1) is 12.6. The fraction of sp³-hybridized carbons (Fsp3) is 0.286. The second-order valence-corrected chi connectivity index (χ2v) is 7.23. The third-order valence-electron chi connectivity index (χ3n) is 5.22. The summed E-state index contributed by atoms with van der Waals surface area (Å²) < 4.78 is 3.55. The van der Waals surface area contributed by atoms with Crippen LogP contribution in [0.1, 0.15) is 34.3 Å². The van der Waals surface area contributed by atoms with Crippen molar-refractivity contribution in [2.75, 3.05) is 0 Å². The van der Waals surface area contributed by atoms with E-state index in [1.165, 1.54) is 28.5 Å². The van der Waals surface area contributed by atoms with Crippen LogP contribution in [0.4, 0.5) is 0 Å². The summed E-state index contributed by atoms with van der Waals surface area (Å²) in [5.74, 6) is 0.0123. The van der Waals surface area contributed by atoms with Crippen LogP contribution in [0.5, 0.6) is 0 Å². The minimum absolute atomic E-state index is 0.0123. The van der Waals surface area contributed by atoms with Crippen molar-refractivity contribution in [1.29, 1.82) is 0 Å². The third-order valence-corrected chi connectivity index (χ3v) is 5.71. The molecule has 0 N–H and O–H groups in total. The summed E-state index contributed by atoms with van der Waals surface area (Å²) in [4.78, 5) is 25.4. The summed E-state index contributed by atoms with van der Waals surface area (Å²) in [6.07, 6.45) is 4.54. The first kappa shape index (κ1) is 16.9. The number of aromatic nitrogens is 2. The number of hydrogen-bond acceptors (Lipinski definition) is 3. The topological polar surface area (TPSA) is 44.0 Å². The fourth-order valence-corrected chi connectivity index (χ4v) is 3.98. The van der Waals surface area contributed by atoms with Crippen molar-refractivity contribution in [1.82, 2.24) is 9.13 Å². The van der Waals surface area contributed by atoms with Gasteiger partial charge in [0, 0.05) is 12.6 Å². The number of aryl methyl sites for hydroxylation is 2. The van der Waals surface area contributed by atoms with Gasteiger partial charge in [-0.25, -0.2) is 0 Å². The van der Waals surface area contributed by atoms with E-state index in [0.717, 1.165) is 12.8 Å². The van der Waals surface area contributed by atoms with Crippen molar-refractivity contribution in [2.45, 2.75) is 32.2 Å². The van der Waals surface area contributed by atoms with Crippen LogP contribution in [0, 0.1) is 4.77 Å². The minimum Gasteiger partial charge on any atom is -0.310 e. The zero-order chi connectivity index (χ0) is 18.3. The molecule has 1 aliphatic rings. The molecule has 0 amide bonds. The molecule has 1 aromatic heterocycles. The van der Waals surface area contributed by atoms with Gasteiger partial charge in [-0.05, 0) is 67.2 Å². The summed E-state index contributed by atoms with van der Waals surface area (Å²) in [6, 6.07) is 13.3. The molecule has 4 rings (SSSR count). The Labute approximate surface area is 156 Å². The van der Waals surface area contributed by atoms with Crippen LogP contribution in [0.2, 0.25) is 0 Å². The average molecular weight is 364 g/mol. The molecule has 3 aromatic rings. The Balaban J connectivity index is 1.77. The van der Waals surface area contributed by atoms with Gasteiger partial charge in [-0.1, -0.05) is 24.3 Å². The van der Waals surface area contributed by atoms with Gasteiger partial charge in [0.2, 0.25) is 0 Å². The highest BCUT2D eigenvalue weighted by Gasteiger charge is 2.15. The van der Waals surface area contributed by atoms with Crippen LogP contribution in [0.15, 0.2) is 47.3 Å². The van der Waals surface area contributed by atoms with Crippen molar-refractivity contribution in [3.63, 3.8) is 0 Å². The van der Waals surface area contributed by atoms with Gasteiger partial charge in [0.25, 0.3) is 5.56 Å². The first-order valence-electron chi connectivity index (χ1n) is 8.90. The van der Waals surface area contributed by atoms with Crippen LogP contribution < -0.4 is 5.56 Å². The summed E-state index contributed by atoms with van der Waals surface area (Å²) in [5, 5.41) is 0.571. The molecule has 4 nitrogen and oxygen atoms in total. The molecular weight excluding hydrogens is 344 g/mol. The molecule has 0 atom stereocenters. The molecule has 1 aliphatic carbocycles. The van der Waals surface area contributed by atoms with Gasteiger partial charge in [-0.3, -0.25) is 14.2 Å². The van der Waals surface area contributed by atoms with Crippen LogP contribution >= 0.6 is 12.2 Å². The number of ketones is 1. The lowest BCUT2D eigenvalue weighted by molar-refractivity contribution is 0.0972. The second-order valence-electron chi connectivity index (χ2n) is 6.86. The first-order valence-corrected chi connectivity index (χ1v) is 9.30. The smallest absolute Gasteiger partial charge is 0.261 e. The Bertz CT molecular complexity index is 1140. The lowest BCUT2D eigenvalue weighted by atomic mass is 9.90. The van der Waals surface area contributed by atoms with Gasteiger partial charge < -0.3 is 4.57 Å². The maximum atomic E-state index is 12.9. The van der Waals surface area contributed by atoms with Gasteiger partial charge in [-0.2, -0.15) is 0 Å². The molecule has 26 heavy (non-hydrogen) atoms. The van der Waals surface area contributed by atoms with Gasteiger partial charge in [0.15, 0.2) is 10.6 Å². The zero-order valence-corrected chi connectivity index (χ0v) is 15.5. The Hall–Kier alpha value is -2.53. The molecule has 5 heteroatoms. The Morgan fingerprint density at radius 2 is 1.81 bits per heavy atom. The standard InChI is InChI=1S/C21H20N2O2S/c1-22-20(25)17-8-4-5-9-18(17)23(21(22)26)13-19(24)16-11-10-14-6-2-3-7-15(14)12-16/h4-5,8-12H,2-3,6-7,13H2,1H3. The quantitative estimate of drug-likeness (QED) is 0.524. The number of nitrogens with zero attached hydrogens (tertiary/aromatic N) is 2. The van der Waals surface area contributed by atoms with E-state index in [9.17, 15) is 9.59 Å². The van der Waals surface area contributed by atoms with Gasteiger partial charge in [-0.15, -0.1) is 0 Å². The van der Waals surface area contributed by atoms with E-state index in [-0.39, 0.29) is 17.9 Å². The number of benzene rings is 2. The number of para-hydroxylation sites is 1. The zero-order valence-electron chi connectivity index (χ0n) is 14.7. The van der Waals surface area contributed by atoms with Crippen molar-refractivity contribution in [3.8, 4) is 0 Å². The summed E-state index contributed by atoms with van der Waals surface area (Å²) in [7, 11) is 1.65. The van der Waals surface area contributed by atoms with E-state index >= 15 is 0 Å². The normalized spacial score (nSPS) is 13.6. The van der Waals surface area contributed by atoms with E-state index in [1.807, 2.05) is 30.3 Å². The molecule has 0 fully saturated rings. The van der Waals surface area contributed by atoms with Crippen molar-refractivity contribution < 1.29 is 4.79 Å². The Morgan fingerprint density at radius 1 is 1.08 bits per heavy atom.